The van der Waals surface area contributed by atoms with Crippen LogP contribution in [0.25, 0.3) is 0 Å². The zero-order valence-corrected chi connectivity index (χ0v) is 23.9. The number of rotatable bonds is 18. The van der Waals surface area contributed by atoms with Crippen molar-refractivity contribution < 1.29 is 20.4 Å². The van der Waals surface area contributed by atoms with Gasteiger partial charge in [0.05, 0.1) is 25.2 Å². The van der Waals surface area contributed by atoms with Crippen molar-refractivity contribution in [2.45, 2.75) is 110 Å². The molecule has 0 heterocycles. The fourth-order valence-corrected chi connectivity index (χ4v) is 5.43. The molecule has 37 heavy (non-hydrogen) atoms. The van der Waals surface area contributed by atoms with Gasteiger partial charge in [-0.1, -0.05) is 89.8 Å². The van der Waals surface area contributed by atoms with Crippen LogP contribution in [0.4, 0.5) is 0 Å². The lowest BCUT2D eigenvalue weighted by molar-refractivity contribution is -0.136. The van der Waals surface area contributed by atoms with Crippen LogP contribution < -0.4 is 0 Å². The second-order valence-corrected chi connectivity index (χ2v) is 10.9. The molecule has 4 N–H and O–H groups in total. The largest absolute Gasteiger partial charge is 0.395 e. The molecule has 2 aromatic rings. The van der Waals surface area contributed by atoms with E-state index in [1.54, 1.807) is 0 Å². The standard InChI is InChI=1S/C33H52O4/c1-5-9-13-26-17-19-30(28(21-26)15-11-7-3)33(37,32(23-34,24-35)25-36)31-20-18-27(14-10-6-2)22-29(31)16-12-8-4/h17-22,34-37H,5-16,23-25H2,1-4H3. The molecule has 2 rings (SSSR count). The van der Waals surface area contributed by atoms with Crippen molar-refractivity contribution in [3.8, 4) is 0 Å². The molecule has 0 fully saturated rings. The zero-order chi connectivity index (χ0) is 27.3. The molecular weight excluding hydrogens is 460 g/mol. The number of unbranched alkanes of at least 4 members (excludes halogenated alkanes) is 4. The molecule has 0 spiro atoms. The molecular formula is C33H52O4. The van der Waals surface area contributed by atoms with E-state index in [0.29, 0.717) is 11.1 Å². The van der Waals surface area contributed by atoms with Crippen LogP contribution in [0, 0.1) is 5.41 Å². The van der Waals surface area contributed by atoms with Crippen LogP contribution in [-0.2, 0) is 31.3 Å². The Kier molecular flexibility index (Phi) is 13.3. The highest BCUT2D eigenvalue weighted by Gasteiger charge is 2.53. The number of aryl methyl sites for hydroxylation is 4. The topological polar surface area (TPSA) is 80.9 Å². The molecule has 0 amide bonds. The zero-order valence-electron chi connectivity index (χ0n) is 23.9. The van der Waals surface area contributed by atoms with E-state index in [2.05, 4.69) is 52.0 Å². The minimum absolute atomic E-state index is 0.536. The van der Waals surface area contributed by atoms with E-state index in [1.165, 1.54) is 11.1 Å². The van der Waals surface area contributed by atoms with Gasteiger partial charge in [-0.15, -0.1) is 0 Å². The summed E-state index contributed by atoms with van der Waals surface area (Å²) in [5, 5.41) is 44.8. The second-order valence-electron chi connectivity index (χ2n) is 10.9. The number of aliphatic hydroxyl groups is 4. The Balaban J connectivity index is 2.86. The first-order chi connectivity index (χ1) is 17.9. The van der Waals surface area contributed by atoms with Crippen LogP contribution in [0.1, 0.15) is 112 Å². The van der Waals surface area contributed by atoms with Gasteiger partial charge in [0, 0.05) is 0 Å². The molecule has 0 unspecified atom stereocenters. The van der Waals surface area contributed by atoms with Crippen molar-refractivity contribution >= 4 is 0 Å². The first kappa shape index (κ1) is 31.5. The number of aliphatic hydroxyl groups excluding tert-OH is 3. The van der Waals surface area contributed by atoms with Gasteiger partial charge in [0.15, 0.2) is 0 Å². The third-order valence-electron chi connectivity index (χ3n) is 8.03. The summed E-state index contributed by atoms with van der Waals surface area (Å²) >= 11 is 0. The van der Waals surface area contributed by atoms with Crippen LogP contribution in [-0.4, -0.2) is 40.2 Å². The van der Waals surface area contributed by atoms with Crippen molar-refractivity contribution in [2.24, 2.45) is 5.41 Å². The lowest BCUT2D eigenvalue weighted by atomic mass is 9.63. The molecule has 0 aliphatic rings. The number of hydrogen-bond acceptors (Lipinski definition) is 4. The number of hydrogen-bond donors (Lipinski definition) is 4. The summed E-state index contributed by atoms with van der Waals surface area (Å²) in [5.74, 6) is 0. The predicted octanol–water partition coefficient (Wildman–Crippen LogP) is 6.26. The minimum Gasteiger partial charge on any atom is -0.395 e. The first-order valence-electron chi connectivity index (χ1n) is 14.7. The highest BCUT2D eigenvalue weighted by Crippen LogP contribution is 2.48. The predicted molar refractivity (Wildman–Crippen MR) is 154 cm³/mol. The van der Waals surface area contributed by atoms with Gasteiger partial charge in [-0.25, -0.2) is 0 Å². The molecule has 0 atom stereocenters. The van der Waals surface area contributed by atoms with Crippen LogP contribution in [0.2, 0.25) is 0 Å². The number of benzene rings is 2. The third kappa shape index (κ3) is 7.23. The molecule has 0 saturated heterocycles. The highest BCUT2D eigenvalue weighted by molar-refractivity contribution is 5.49. The summed E-state index contributed by atoms with van der Waals surface area (Å²) in [7, 11) is 0. The fourth-order valence-electron chi connectivity index (χ4n) is 5.43. The summed E-state index contributed by atoms with van der Waals surface area (Å²) in [4.78, 5) is 0. The smallest absolute Gasteiger partial charge is 0.127 e. The van der Waals surface area contributed by atoms with Crippen molar-refractivity contribution in [3.63, 3.8) is 0 Å². The van der Waals surface area contributed by atoms with Gasteiger partial charge >= 0.3 is 0 Å². The quantitative estimate of drug-likeness (QED) is 0.190. The molecule has 208 valence electrons. The molecule has 0 aliphatic carbocycles. The van der Waals surface area contributed by atoms with Crippen molar-refractivity contribution in [3.05, 3.63) is 69.8 Å². The van der Waals surface area contributed by atoms with E-state index in [9.17, 15) is 20.4 Å². The van der Waals surface area contributed by atoms with Crippen molar-refractivity contribution in [2.75, 3.05) is 19.8 Å². The van der Waals surface area contributed by atoms with E-state index < -0.39 is 30.8 Å². The lowest BCUT2D eigenvalue weighted by Crippen LogP contribution is -2.55. The van der Waals surface area contributed by atoms with Crippen LogP contribution in [0.3, 0.4) is 0 Å². The summed E-state index contributed by atoms with van der Waals surface area (Å²) in [5.41, 5.74) is 2.65. The maximum Gasteiger partial charge on any atom is 0.127 e. The SMILES string of the molecule is CCCCc1ccc(C(O)(c2ccc(CCCC)cc2CCCC)C(CO)(CO)CO)c(CCCC)c1. The third-order valence-corrected chi connectivity index (χ3v) is 8.03. The monoisotopic (exact) mass is 512 g/mol. The van der Waals surface area contributed by atoms with E-state index >= 15 is 0 Å². The van der Waals surface area contributed by atoms with Crippen LogP contribution in [0.15, 0.2) is 36.4 Å². The van der Waals surface area contributed by atoms with Gasteiger partial charge in [0.1, 0.15) is 5.60 Å². The van der Waals surface area contributed by atoms with Crippen LogP contribution >= 0.6 is 0 Å². The molecule has 4 nitrogen and oxygen atoms in total. The average Bonchev–Trinajstić information content (AvgIpc) is 2.93. The Morgan fingerprint density at radius 3 is 1.22 bits per heavy atom. The normalized spacial score (nSPS) is 12.3. The molecule has 0 aliphatic heterocycles. The molecule has 0 aromatic heterocycles. The Bertz CT molecular complexity index is 860. The Morgan fingerprint density at radius 2 is 0.892 bits per heavy atom. The van der Waals surface area contributed by atoms with Crippen LogP contribution in [0.5, 0.6) is 0 Å². The van der Waals surface area contributed by atoms with Gasteiger partial charge in [-0.3, -0.25) is 0 Å². The van der Waals surface area contributed by atoms with Gasteiger partial charge in [-0.05, 0) is 84.7 Å². The minimum atomic E-state index is -1.75. The molecule has 0 radical (unpaired) electrons. The summed E-state index contributed by atoms with van der Waals surface area (Å²) in [6, 6.07) is 12.5. The van der Waals surface area contributed by atoms with Crippen molar-refractivity contribution in [1.29, 1.82) is 0 Å². The first-order valence-corrected chi connectivity index (χ1v) is 14.7. The highest BCUT2D eigenvalue weighted by atomic mass is 16.3. The molecule has 0 bridgehead atoms. The fraction of sp³-hybridized carbons (Fsp3) is 0.636. The average molecular weight is 513 g/mol. The van der Waals surface area contributed by atoms with E-state index in [1.807, 2.05) is 12.1 Å². The summed E-state index contributed by atoms with van der Waals surface area (Å²) in [6.45, 7) is 7.08. The second kappa shape index (κ2) is 15.6. The lowest BCUT2D eigenvalue weighted by Gasteiger charge is -2.47. The summed E-state index contributed by atoms with van der Waals surface area (Å²) in [6.07, 6.45) is 12.0. The van der Waals surface area contributed by atoms with Gasteiger partial charge in [0.25, 0.3) is 0 Å². The molecule has 4 heteroatoms. The van der Waals surface area contributed by atoms with E-state index in [0.717, 1.165) is 88.2 Å². The van der Waals surface area contributed by atoms with Gasteiger partial charge < -0.3 is 20.4 Å². The summed E-state index contributed by atoms with van der Waals surface area (Å²) < 4.78 is 0. The van der Waals surface area contributed by atoms with Gasteiger partial charge in [-0.2, -0.15) is 0 Å². The van der Waals surface area contributed by atoms with E-state index in [-0.39, 0.29) is 0 Å². The van der Waals surface area contributed by atoms with Crippen molar-refractivity contribution in [1.82, 2.24) is 0 Å². The maximum absolute atomic E-state index is 12.9. The Hall–Kier alpha value is -1.72. The molecule has 0 saturated carbocycles. The van der Waals surface area contributed by atoms with Gasteiger partial charge in [0.2, 0.25) is 0 Å². The Morgan fingerprint density at radius 1 is 0.541 bits per heavy atom. The van der Waals surface area contributed by atoms with E-state index in [4.69, 9.17) is 0 Å². The Labute approximate surface area is 225 Å². The molecule has 2 aromatic carbocycles. The maximum atomic E-state index is 12.9.